The quantitative estimate of drug-likeness (QED) is 0.218. The fourth-order valence-electron chi connectivity index (χ4n) is 4.26. The van der Waals surface area contributed by atoms with E-state index in [1.165, 1.54) is 6.07 Å². The zero-order valence-corrected chi connectivity index (χ0v) is 20.3. The highest BCUT2D eigenvalue weighted by Gasteiger charge is 2.35. The van der Waals surface area contributed by atoms with Gasteiger partial charge >= 0.3 is 12.1 Å². The first kappa shape index (κ1) is 27.0. The van der Waals surface area contributed by atoms with Gasteiger partial charge in [0.1, 0.15) is 12.0 Å². The van der Waals surface area contributed by atoms with Crippen LogP contribution in [0.1, 0.15) is 72.8 Å². The van der Waals surface area contributed by atoms with Crippen LogP contribution in [0, 0.1) is 0 Å². The molecular weight excluding hydrogens is 481 g/mol. The monoisotopic (exact) mass is 510 g/mol. The molecule has 2 N–H and O–H groups in total. The molecule has 2 aromatic rings. The number of rotatable bonds is 10. The average molecular weight is 511 g/mol. The first-order valence-corrected chi connectivity index (χ1v) is 12.1. The lowest BCUT2D eigenvalue weighted by Crippen LogP contribution is -2.28. The van der Waals surface area contributed by atoms with E-state index in [1.54, 1.807) is 19.1 Å². The van der Waals surface area contributed by atoms with Gasteiger partial charge in [-0.2, -0.15) is 13.2 Å². The van der Waals surface area contributed by atoms with E-state index in [0.717, 1.165) is 43.2 Å². The molecule has 0 aliphatic heterocycles. The molecule has 1 aliphatic rings. The van der Waals surface area contributed by atoms with E-state index in [-0.39, 0.29) is 19.1 Å². The van der Waals surface area contributed by atoms with Crippen LogP contribution in [0.5, 0.6) is 0 Å². The summed E-state index contributed by atoms with van der Waals surface area (Å²) in [6.45, 7) is 2.30. The zero-order valence-electron chi connectivity index (χ0n) is 19.6. The second-order valence-electron chi connectivity index (χ2n) is 8.84. The number of oxime groups is 1. The van der Waals surface area contributed by atoms with Crippen LogP contribution < -0.4 is 5.32 Å². The molecule has 1 atom stereocenters. The highest BCUT2D eigenvalue weighted by molar-refractivity contribution is 6.29. The van der Waals surface area contributed by atoms with Crippen LogP contribution in [-0.2, 0) is 29.0 Å². The lowest BCUT2D eigenvalue weighted by atomic mass is 9.81. The standard InChI is InChI=1S/C26H30ClF3N2O3/c1-17(20-10-7-18(8-11-20)14-31-15-24(27)25(33)34)32-35-16-19-9-12-22(21-5-3-2-4-6-21)23(13-19)26(28,29)30/h7-13,21,24,31H,2-6,14-16H2,1H3,(H,33,34)/b32-17-. The van der Waals surface area contributed by atoms with Crippen molar-refractivity contribution in [2.45, 2.75) is 69.7 Å². The number of nitrogens with zero attached hydrogens (tertiary/aromatic N) is 1. The molecule has 190 valence electrons. The zero-order chi connectivity index (χ0) is 25.4. The maximum absolute atomic E-state index is 13.7. The fourth-order valence-corrected chi connectivity index (χ4v) is 4.37. The molecule has 0 heterocycles. The Morgan fingerprint density at radius 3 is 2.43 bits per heavy atom. The van der Waals surface area contributed by atoms with Gasteiger partial charge in [0.2, 0.25) is 0 Å². The van der Waals surface area contributed by atoms with Crippen LogP contribution in [0.3, 0.4) is 0 Å². The molecule has 5 nitrogen and oxygen atoms in total. The van der Waals surface area contributed by atoms with E-state index in [2.05, 4.69) is 10.5 Å². The van der Waals surface area contributed by atoms with Crippen molar-refractivity contribution < 1.29 is 27.9 Å². The Hall–Kier alpha value is -2.58. The van der Waals surface area contributed by atoms with Gasteiger partial charge in [0.15, 0.2) is 0 Å². The molecule has 0 amide bonds. The predicted molar refractivity (Wildman–Crippen MR) is 130 cm³/mol. The van der Waals surface area contributed by atoms with E-state index in [9.17, 15) is 18.0 Å². The molecule has 1 aliphatic carbocycles. The van der Waals surface area contributed by atoms with Gasteiger partial charge in [0, 0.05) is 13.1 Å². The molecule has 3 rings (SSSR count). The molecule has 35 heavy (non-hydrogen) atoms. The van der Waals surface area contributed by atoms with Crippen molar-refractivity contribution in [3.63, 3.8) is 0 Å². The molecule has 0 spiro atoms. The Balaban J connectivity index is 1.58. The number of nitrogens with one attached hydrogen (secondary N) is 1. The number of aliphatic carboxylic acids is 1. The van der Waals surface area contributed by atoms with E-state index >= 15 is 0 Å². The van der Waals surface area contributed by atoms with E-state index in [4.69, 9.17) is 21.5 Å². The maximum Gasteiger partial charge on any atom is 0.416 e. The normalized spacial score (nSPS) is 16.2. The summed E-state index contributed by atoms with van der Waals surface area (Å²) in [6.07, 6.45) is 0.215. The highest BCUT2D eigenvalue weighted by atomic mass is 35.5. The van der Waals surface area contributed by atoms with Crippen LogP contribution in [0.25, 0.3) is 0 Å². The van der Waals surface area contributed by atoms with Gasteiger partial charge in [0.25, 0.3) is 0 Å². The third-order valence-electron chi connectivity index (χ3n) is 6.19. The summed E-state index contributed by atoms with van der Waals surface area (Å²) in [5, 5.41) is 14.8. The van der Waals surface area contributed by atoms with Crippen LogP contribution in [-0.4, -0.2) is 28.7 Å². The summed E-state index contributed by atoms with van der Waals surface area (Å²) >= 11 is 5.67. The number of carboxylic acid groups (broad SMARTS) is 1. The number of carboxylic acids is 1. The Morgan fingerprint density at radius 1 is 1.14 bits per heavy atom. The number of halogens is 4. The Labute approximate surface area is 208 Å². The van der Waals surface area contributed by atoms with Crippen molar-refractivity contribution in [2.75, 3.05) is 6.54 Å². The van der Waals surface area contributed by atoms with E-state index in [1.807, 2.05) is 24.3 Å². The fraction of sp³-hybridized carbons (Fsp3) is 0.462. The molecule has 1 unspecified atom stereocenters. The molecule has 0 aromatic heterocycles. The smallest absolute Gasteiger partial charge is 0.416 e. The molecule has 1 saturated carbocycles. The van der Waals surface area contributed by atoms with Gasteiger partial charge in [-0.3, -0.25) is 4.79 Å². The third kappa shape index (κ3) is 7.97. The number of carbonyl (C=O) groups is 1. The van der Waals surface area contributed by atoms with E-state index in [0.29, 0.717) is 23.4 Å². The van der Waals surface area contributed by atoms with Gasteiger partial charge in [-0.05, 0) is 54.0 Å². The summed E-state index contributed by atoms with van der Waals surface area (Å²) in [7, 11) is 0. The largest absolute Gasteiger partial charge is 0.480 e. The maximum atomic E-state index is 13.7. The van der Waals surface area contributed by atoms with Crippen LogP contribution >= 0.6 is 11.6 Å². The van der Waals surface area contributed by atoms with Crippen LogP contribution in [0.15, 0.2) is 47.6 Å². The SMILES string of the molecule is C/C(=N/OCc1ccc(C2CCCCC2)c(C(F)(F)F)c1)c1ccc(CNCC(Cl)C(=O)O)cc1. The minimum absolute atomic E-state index is 0.0395. The highest BCUT2D eigenvalue weighted by Crippen LogP contribution is 2.41. The minimum atomic E-state index is -4.41. The summed E-state index contributed by atoms with van der Waals surface area (Å²) in [4.78, 5) is 16.1. The second kappa shape index (κ2) is 12.4. The van der Waals surface area contributed by atoms with Crippen molar-refractivity contribution in [3.05, 3.63) is 70.3 Å². The van der Waals surface area contributed by atoms with E-state index < -0.39 is 23.1 Å². The third-order valence-corrected chi connectivity index (χ3v) is 6.53. The number of hydrogen-bond acceptors (Lipinski definition) is 4. The summed E-state index contributed by atoms with van der Waals surface area (Å²) in [5.41, 5.74) is 2.58. The Morgan fingerprint density at radius 2 is 1.80 bits per heavy atom. The molecule has 9 heteroatoms. The summed E-state index contributed by atoms with van der Waals surface area (Å²) < 4.78 is 41.2. The van der Waals surface area contributed by atoms with Crippen LogP contribution in [0.4, 0.5) is 13.2 Å². The first-order valence-electron chi connectivity index (χ1n) is 11.7. The molecule has 0 saturated heterocycles. The summed E-state index contributed by atoms with van der Waals surface area (Å²) in [5.74, 6) is -1.11. The molecule has 2 aromatic carbocycles. The topological polar surface area (TPSA) is 70.9 Å². The number of hydrogen-bond donors (Lipinski definition) is 2. The van der Waals surface area contributed by atoms with Crippen molar-refractivity contribution in [1.82, 2.24) is 5.32 Å². The Kier molecular flexibility index (Phi) is 9.57. The second-order valence-corrected chi connectivity index (χ2v) is 9.36. The molecular formula is C26H30ClF3N2O3. The predicted octanol–water partition coefficient (Wildman–Crippen LogP) is 6.48. The van der Waals surface area contributed by atoms with Gasteiger partial charge in [-0.1, -0.05) is 60.8 Å². The summed E-state index contributed by atoms with van der Waals surface area (Å²) in [6, 6.07) is 11.9. The Bertz CT molecular complexity index is 1020. The van der Waals surface area contributed by atoms with Gasteiger partial charge in [-0.25, -0.2) is 0 Å². The minimum Gasteiger partial charge on any atom is -0.480 e. The van der Waals surface area contributed by atoms with Crippen molar-refractivity contribution >= 4 is 23.3 Å². The van der Waals surface area contributed by atoms with Crippen molar-refractivity contribution in [3.8, 4) is 0 Å². The van der Waals surface area contributed by atoms with Crippen molar-refractivity contribution in [1.29, 1.82) is 0 Å². The number of benzene rings is 2. The van der Waals surface area contributed by atoms with Gasteiger partial charge < -0.3 is 15.3 Å². The first-order chi connectivity index (χ1) is 16.6. The molecule has 1 fully saturated rings. The van der Waals surface area contributed by atoms with Gasteiger partial charge in [0.05, 0.1) is 11.3 Å². The number of alkyl halides is 4. The average Bonchev–Trinajstić information content (AvgIpc) is 2.84. The lowest BCUT2D eigenvalue weighted by Gasteiger charge is -2.25. The molecule has 0 radical (unpaired) electrons. The molecule has 0 bridgehead atoms. The lowest BCUT2D eigenvalue weighted by molar-refractivity contribution is -0.138. The van der Waals surface area contributed by atoms with Crippen molar-refractivity contribution in [2.24, 2.45) is 5.16 Å². The van der Waals surface area contributed by atoms with Crippen LogP contribution in [0.2, 0.25) is 0 Å². The van der Waals surface area contributed by atoms with Gasteiger partial charge in [-0.15, -0.1) is 11.6 Å².